The summed E-state index contributed by atoms with van der Waals surface area (Å²) in [5, 5.41) is 0. The summed E-state index contributed by atoms with van der Waals surface area (Å²) in [6.07, 6.45) is 7.60. The summed E-state index contributed by atoms with van der Waals surface area (Å²) in [6, 6.07) is 0. The number of esters is 2. The van der Waals surface area contributed by atoms with Crippen LogP contribution in [0.25, 0.3) is 0 Å². The van der Waals surface area contributed by atoms with Crippen LogP contribution >= 0.6 is 0 Å². The minimum Gasteiger partial charge on any atom is -0.463 e. The van der Waals surface area contributed by atoms with Crippen molar-refractivity contribution in [3.63, 3.8) is 0 Å². The third-order valence-corrected chi connectivity index (χ3v) is 2.02. The Kier molecular flexibility index (Phi) is 11.7. The van der Waals surface area contributed by atoms with Gasteiger partial charge in [-0.2, -0.15) is 0 Å². The average Bonchev–Trinajstić information content (AvgIpc) is 2.41. The van der Waals surface area contributed by atoms with Crippen molar-refractivity contribution in [2.75, 3.05) is 26.4 Å². The molecule has 0 aromatic carbocycles. The number of ether oxygens (including phenoxy) is 3. The van der Waals surface area contributed by atoms with E-state index in [2.05, 4.69) is 0 Å². The minimum atomic E-state index is -0.278. The Morgan fingerprint density at radius 2 is 1.21 bits per heavy atom. The molecule has 0 aliphatic carbocycles. The Labute approximate surface area is 114 Å². The lowest BCUT2D eigenvalue weighted by atomic mass is 10.4. The van der Waals surface area contributed by atoms with Crippen LogP contribution in [-0.4, -0.2) is 38.4 Å². The fraction of sp³-hybridized carbons (Fsp3) is 0.571. The topological polar surface area (TPSA) is 61.8 Å². The molecule has 0 rings (SSSR count). The molecule has 0 radical (unpaired) electrons. The molecule has 5 heteroatoms. The Bertz CT molecular complexity index is 277. The largest absolute Gasteiger partial charge is 0.463 e. The highest BCUT2D eigenvalue weighted by Gasteiger charge is 2.00. The molecule has 0 saturated carbocycles. The molecule has 0 saturated heterocycles. The van der Waals surface area contributed by atoms with Crippen LogP contribution in [0.15, 0.2) is 24.3 Å². The quantitative estimate of drug-likeness (QED) is 0.345. The summed E-state index contributed by atoms with van der Waals surface area (Å²) in [7, 11) is 0. The van der Waals surface area contributed by atoms with E-state index in [1.165, 1.54) is 0 Å². The van der Waals surface area contributed by atoms with Gasteiger partial charge in [0.05, 0.1) is 26.1 Å². The second-order valence-corrected chi connectivity index (χ2v) is 3.60. The standard InChI is InChI=1S/C14H22O5/c1-3-5-7-13(15)18-11-9-17-10-12-19-14(16)8-6-4-2/h3-6H,7-12H2,1-2H3. The van der Waals surface area contributed by atoms with Crippen molar-refractivity contribution in [2.45, 2.75) is 26.7 Å². The highest BCUT2D eigenvalue weighted by atomic mass is 16.6. The van der Waals surface area contributed by atoms with Crippen molar-refractivity contribution in [1.82, 2.24) is 0 Å². The number of carbonyl (C=O) groups is 2. The predicted octanol–water partition coefficient (Wildman–Crippen LogP) is 2.02. The van der Waals surface area contributed by atoms with Crippen molar-refractivity contribution in [2.24, 2.45) is 0 Å². The molecule has 0 spiro atoms. The van der Waals surface area contributed by atoms with Gasteiger partial charge in [0.1, 0.15) is 13.2 Å². The molecule has 0 aromatic heterocycles. The maximum Gasteiger partial charge on any atom is 0.309 e. The van der Waals surface area contributed by atoms with Crippen LogP contribution in [0.5, 0.6) is 0 Å². The van der Waals surface area contributed by atoms with E-state index in [9.17, 15) is 9.59 Å². The van der Waals surface area contributed by atoms with Gasteiger partial charge in [-0.25, -0.2) is 0 Å². The summed E-state index contributed by atoms with van der Waals surface area (Å²) in [5.74, 6) is -0.557. The summed E-state index contributed by atoms with van der Waals surface area (Å²) in [4.78, 5) is 22.2. The van der Waals surface area contributed by atoms with Gasteiger partial charge >= 0.3 is 11.9 Å². The first-order chi connectivity index (χ1) is 9.20. The van der Waals surface area contributed by atoms with Gasteiger partial charge in [0.25, 0.3) is 0 Å². The maximum absolute atomic E-state index is 11.1. The first-order valence-electron chi connectivity index (χ1n) is 6.32. The van der Waals surface area contributed by atoms with Gasteiger partial charge in [0, 0.05) is 0 Å². The molecule has 5 nitrogen and oxygen atoms in total. The number of allylic oxidation sites excluding steroid dienone is 2. The Hall–Kier alpha value is -1.62. The highest BCUT2D eigenvalue weighted by molar-refractivity contribution is 5.71. The van der Waals surface area contributed by atoms with E-state index < -0.39 is 0 Å². The van der Waals surface area contributed by atoms with Gasteiger partial charge in [0.2, 0.25) is 0 Å². The van der Waals surface area contributed by atoms with E-state index >= 15 is 0 Å². The van der Waals surface area contributed by atoms with Gasteiger partial charge in [0.15, 0.2) is 0 Å². The number of hydrogen-bond acceptors (Lipinski definition) is 5. The van der Waals surface area contributed by atoms with Crippen molar-refractivity contribution in [1.29, 1.82) is 0 Å². The Balaban J connectivity index is 3.31. The molecule has 108 valence electrons. The summed E-state index contributed by atoms with van der Waals surface area (Å²) in [6.45, 7) is 4.70. The van der Waals surface area contributed by atoms with E-state index in [0.29, 0.717) is 13.2 Å². The maximum atomic E-state index is 11.1. The van der Waals surface area contributed by atoms with Crippen LogP contribution in [0, 0.1) is 0 Å². The van der Waals surface area contributed by atoms with Crippen LogP contribution in [0.1, 0.15) is 26.7 Å². The van der Waals surface area contributed by atoms with E-state index in [4.69, 9.17) is 14.2 Å². The minimum absolute atomic E-state index is 0.211. The number of rotatable bonds is 10. The van der Waals surface area contributed by atoms with Gasteiger partial charge in [-0.15, -0.1) is 0 Å². The number of carbonyl (C=O) groups excluding carboxylic acids is 2. The van der Waals surface area contributed by atoms with Crippen LogP contribution in [0.4, 0.5) is 0 Å². The molecule has 0 bridgehead atoms. The van der Waals surface area contributed by atoms with Crippen molar-refractivity contribution < 1.29 is 23.8 Å². The molecule has 0 fully saturated rings. The first-order valence-corrected chi connectivity index (χ1v) is 6.32. The average molecular weight is 270 g/mol. The predicted molar refractivity (Wildman–Crippen MR) is 71.6 cm³/mol. The smallest absolute Gasteiger partial charge is 0.309 e. The molecular weight excluding hydrogens is 248 g/mol. The van der Waals surface area contributed by atoms with Gasteiger partial charge in [-0.05, 0) is 13.8 Å². The molecule has 19 heavy (non-hydrogen) atoms. The molecule has 0 amide bonds. The Morgan fingerprint density at radius 3 is 1.58 bits per heavy atom. The molecule has 0 unspecified atom stereocenters. The zero-order valence-electron chi connectivity index (χ0n) is 11.6. The van der Waals surface area contributed by atoms with Crippen LogP contribution in [-0.2, 0) is 23.8 Å². The summed E-state index contributed by atoms with van der Waals surface area (Å²) < 4.78 is 14.9. The van der Waals surface area contributed by atoms with Gasteiger partial charge in [-0.3, -0.25) is 9.59 Å². The molecule has 0 N–H and O–H groups in total. The molecular formula is C14H22O5. The lowest BCUT2D eigenvalue weighted by Crippen LogP contribution is -2.14. The van der Waals surface area contributed by atoms with Gasteiger partial charge < -0.3 is 14.2 Å². The normalized spacial score (nSPS) is 11.1. The third-order valence-electron chi connectivity index (χ3n) is 2.02. The van der Waals surface area contributed by atoms with Crippen LogP contribution in [0.3, 0.4) is 0 Å². The van der Waals surface area contributed by atoms with E-state index in [-0.39, 0.29) is 38.0 Å². The number of hydrogen-bond donors (Lipinski definition) is 0. The fourth-order valence-electron chi connectivity index (χ4n) is 1.08. The lowest BCUT2D eigenvalue weighted by molar-refractivity contribution is -0.145. The highest BCUT2D eigenvalue weighted by Crippen LogP contribution is 1.91. The Morgan fingerprint density at radius 1 is 0.789 bits per heavy atom. The SMILES string of the molecule is CC=CCC(=O)OCCOCCOC(=O)CC=CC. The van der Waals surface area contributed by atoms with Crippen molar-refractivity contribution >= 4 is 11.9 Å². The van der Waals surface area contributed by atoms with E-state index in [0.717, 1.165) is 0 Å². The fourth-order valence-corrected chi connectivity index (χ4v) is 1.08. The summed E-state index contributed by atoms with van der Waals surface area (Å²) in [5.41, 5.74) is 0. The third kappa shape index (κ3) is 12.6. The van der Waals surface area contributed by atoms with Crippen molar-refractivity contribution in [3.05, 3.63) is 24.3 Å². The first kappa shape index (κ1) is 17.4. The zero-order chi connectivity index (χ0) is 14.3. The molecule has 0 atom stereocenters. The van der Waals surface area contributed by atoms with Crippen LogP contribution in [0.2, 0.25) is 0 Å². The summed E-state index contributed by atoms with van der Waals surface area (Å²) >= 11 is 0. The molecule has 0 aliphatic rings. The molecule has 0 aliphatic heterocycles. The van der Waals surface area contributed by atoms with Gasteiger partial charge in [-0.1, -0.05) is 24.3 Å². The van der Waals surface area contributed by atoms with Crippen LogP contribution < -0.4 is 0 Å². The van der Waals surface area contributed by atoms with E-state index in [1.54, 1.807) is 24.3 Å². The zero-order valence-corrected chi connectivity index (χ0v) is 11.6. The second kappa shape index (κ2) is 12.8. The monoisotopic (exact) mass is 270 g/mol. The molecule has 0 aromatic rings. The molecule has 0 heterocycles. The van der Waals surface area contributed by atoms with E-state index in [1.807, 2.05) is 13.8 Å². The van der Waals surface area contributed by atoms with Crippen molar-refractivity contribution in [3.8, 4) is 0 Å². The second-order valence-electron chi connectivity index (χ2n) is 3.60. The lowest BCUT2D eigenvalue weighted by Gasteiger charge is -2.06.